The third-order valence-electron chi connectivity index (χ3n) is 4.51. The average molecular weight is 460 g/mol. The number of aliphatic hydroxyl groups is 1. The van der Waals surface area contributed by atoms with Crippen molar-refractivity contribution in [3.8, 4) is 0 Å². The lowest BCUT2D eigenvalue weighted by molar-refractivity contribution is -0.146. The summed E-state index contributed by atoms with van der Waals surface area (Å²) in [5.41, 5.74) is -0.209. The van der Waals surface area contributed by atoms with Gasteiger partial charge in [0, 0.05) is 23.6 Å². The number of halogens is 3. The molecule has 1 heterocycles. The molecule has 160 valence electrons. The van der Waals surface area contributed by atoms with Crippen molar-refractivity contribution in [1.29, 1.82) is 0 Å². The van der Waals surface area contributed by atoms with Gasteiger partial charge in [0.15, 0.2) is 24.0 Å². The van der Waals surface area contributed by atoms with Gasteiger partial charge in [0.05, 0.1) is 11.0 Å². The number of β-amino-alcohol motifs (C(OH)–C–C–N with tert-alkyl or cyclic N) is 1. The number of ketones is 1. The molecule has 0 aromatic heterocycles. The van der Waals surface area contributed by atoms with Crippen molar-refractivity contribution in [2.75, 3.05) is 13.2 Å². The van der Waals surface area contributed by atoms with Gasteiger partial charge >= 0.3 is 5.97 Å². The first-order chi connectivity index (χ1) is 14.1. The summed E-state index contributed by atoms with van der Waals surface area (Å²) < 4.78 is 57.6. The van der Waals surface area contributed by atoms with Crippen LogP contribution in [-0.2, 0) is 19.6 Å². The highest BCUT2D eigenvalue weighted by molar-refractivity contribution is 7.89. The third kappa shape index (κ3) is 4.67. The molecule has 0 spiro atoms. The third-order valence-corrected chi connectivity index (χ3v) is 6.65. The van der Waals surface area contributed by atoms with Gasteiger partial charge in [-0.3, -0.25) is 9.59 Å². The van der Waals surface area contributed by atoms with E-state index in [1.807, 2.05) is 0 Å². The second-order valence-electron chi connectivity index (χ2n) is 6.59. The topological polar surface area (TPSA) is 101 Å². The minimum absolute atomic E-state index is 0.128. The number of carbonyl (C=O) groups excluding carboxylic acids is 2. The molecule has 0 bridgehead atoms. The fraction of sp³-hybridized carbons (Fsp3) is 0.263. The Morgan fingerprint density at radius 2 is 1.80 bits per heavy atom. The summed E-state index contributed by atoms with van der Waals surface area (Å²) in [4.78, 5) is 24.4. The van der Waals surface area contributed by atoms with E-state index in [4.69, 9.17) is 16.3 Å². The summed E-state index contributed by atoms with van der Waals surface area (Å²) in [6, 6.07) is 6.38. The van der Waals surface area contributed by atoms with Gasteiger partial charge in [-0.25, -0.2) is 17.2 Å². The van der Waals surface area contributed by atoms with Crippen molar-refractivity contribution in [2.45, 2.75) is 23.5 Å². The molecule has 11 heteroatoms. The lowest BCUT2D eigenvalue weighted by Gasteiger charge is -2.22. The molecule has 7 nitrogen and oxygen atoms in total. The SMILES string of the molecule is O=C(COC(=O)C1CC(O)CN1S(=O)(=O)c1ccc(Cl)cc1)c1ccc(F)c(F)c1. The zero-order chi connectivity index (χ0) is 22.1. The molecule has 2 atom stereocenters. The van der Waals surface area contributed by atoms with Crippen LogP contribution in [-0.4, -0.2) is 54.9 Å². The summed E-state index contributed by atoms with van der Waals surface area (Å²) in [6.45, 7) is -1.13. The number of esters is 1. The molecule has 3 rings (SSSR count). The van der Waals surface area contributed by atoms with Gasteiger partial charge < -0.3 is 9.84 Å². The van der Waals surface area contributed by atoms with Gasteiger partial charge in [-0.1, -0.05) is 11.6 Å². The number of benzene rings is 2. The maximum Gasteiger partial charge on any atom is 0.325 e. The van der Waals surface area contributed by atoms with Crippen molar-refractivity contribution >= 4 is 33.4 Å². The Hall–Kier alpha value is -2.40. The van der Waals surface area contributed by atoms with Crippen LogP contribution in [0, 0.1) is 11.6 Å². The van der Waals surface area contributed by atoms with E-state index in [9.17, 15) is 31.9 Å². The Morgan fingerprint density at radius 1 is 1.13 bits per heavy atom. The molecule has 2 aromatic rings. The van der Waals surface area contributed by atoms with Crippen LogP contribution in [0.5, 0.6) is 0 Å². The van der Waals surface area contributed by atoms with E-state index in [0.717, 1.165) is 16.4 Å². The first-order valence-electron chi connectivity index (χ1n) is 8.70. The van der Waals surface area contributed by atoms with Crippen molar-refractivity contribution in [3.05, 3.63) is 64.7 Å². The van der Waals surface area contributed by atoms with Crippen LogP contribution < -0.4 is 0 Å². The van der Waals surface area contributed by atoms with Crippen LogP contribution in [0.4, 0.5) is 8.78 Å². The summed E-state index contributed by atoms with van der Waals surface area (Å²) in [5.74, 6) is -4.20. The fourth-order valence-corrected chi connectivity index (χ4v) is 4.74. The molecule has 0 radical (unpaired) electrons. The summed E-state index contributed by atoms with van der Waals surface area (Å²) >= 11 is 5.76. The normalized spacial score (nSPS) is 19.6. The predicted octanol–water partition coefficient (Wildman–Crippen LogP) is 2.17. The highest BCUT2D eigenvalue weighted by Gasteiger charge is 2.44. The largest absolute Gasteiger partial charge is 0.456 e. The Balaban J connectivity index is 1.73. The van der Waals surface area contributed by atoms with E-state index in [2.05, 4.69) is 0 Å². The first kappa shape index (κ1) is 22.3. The van der Waals surface area contributed by atoms with E-state index in [0.29, 0.717) is 11.1 Å². The lowest BCUT2D eigenvalue weighted by atomic mass is 10.1. The smallest absolute Gasteiger partial charge is 0.325 e. The highest BCUT2D eigenvalue weighted by atomic mass is 35.5. The average Bonchev–Trinajstić information content (AvgIpc) is 3.11. The monoisotopic (exact) mass is 459 g/mol. The predicted molar refractivity (Wildman–Crippen MR) is 101 cm³/mol. The molecule has 1 fully saturated rings. The zero-order valence-electron chi connectivity index (χ0n) is 15.3. The second kappa shape index (κ2) is 8.76. The van der Waals surface area contributed by atoms with Crippen LogP contribution in [0.15, 0.2) is 47.4 Å². The van der Waals surface area contributed by atoms with E-state index >= 15 is 0 Å². The number of ether oxygens (including phenoxy) is 1. The summed E-state index contributed by atoms with van der Waals surface area (Å²) in [5, 5.41) is 10.2. The first-order valence-corrected chi connectivity index (χ1v) is 10.5. The number of carbonyl (C=O) groups is 2. The molecule has 30 heavy (non-hydrogen) atoms. The summed E-state index contributed by atoms with van der Waals surface area (Å²) in [7, 11) is -4.15. The molecule has 0 aliphatic carbocycles. The van der Waals surface area contributed by atoms with Gasteiger partial charge in [0.1, 0.15) is 6.04 Å². The van der Waals surface area contributed by atoms with Crippen LogP contribution in [0.25, 0.3) is 0 Å². The Bertz CT molecular complexity index is 1080. The number of hydrogen-bond donors (Lipinski definition) is 1. The maximum absolute atomic E-state index is 13.3. The molecular formula is C19H16ClF2NO6S. The minimum Gasteiger partial charge on any atom is -0.456 e. The second-order valence-corrected chi connectivity index (χ2v) is 8.92. The van der Waals surface area contributed by atoms with Crippen molar-refractivity contribution in [3.63, 3.8) is 0 Å². The van der Waals surface area contributed by atoms with Gasteiger partial charge in [0.25, 0.3) is 0 Å². The van der Waals surface area contributed by atoms with Gasteiger partial charge in [-0.15, -0.1) is 0 Å². The van der Waals surface area contributed by atoms with E-state index in [1.165, 1.54) is 24.3 Å². The Morgan fingerprint density at radius 3 is 2.43 bits per heavy atom. The van der Waals surface area contributed by atoms with Crippen molar-refractivity contribution < 1.29 is 36.6 Å². The standard InChI is InChI=1S/C19H16ClF2NO6S/c20-12-2-4-14(5-3-12)30(27,28)23-9-13(24)8-17(23)19(26)29-10-18(25)11-1-6-15(21)16(22)7-11/h1-7,13,17,24H,8-10H2. The molecule has 1 N–H and O–H groups in total. The van der Waals surface area contributed by atoms with E-state index < -0.39 is 52.2 Å². The lowest BCUT2D eigenvalue weighted by Crippen LogP contribution is -2.41. The van der Waals surface area contributed by atoms with Crippen molar-refractivity contribution in [2.24, 2.45) is 0 Å². The molecule has 0 saturated carbocycles. The molecule has 1 aliphatic heterocycles. The number of nitrogens with zero attached hydrogens (tertiary/aromatic N) is 1. The minimum atomic E-state index is -4.15. The van der Waals surface area contributed by atoms with Gasteiger partial charge in [0.2, 0.25) is 10.0 Å². The molecule has 2 aromatic carbocycles. The van der Waals surface area contributed by atoms with Gasteiger partial charge in [-0.05, 0) is 42.5 Å². The van der Waals surface area contributed by atoms with Crippen LogP contribution in [0.3, 0.4) is 0 Å². The molecule has 1 aliphatic rings. The summed E-state index contributed by atoms with van der Waals surface area (Å²) in [6.07, 6.45) is -1.32. The number of sulfonamides is 1. The van der Waals surface area contributed by atoms with Gasteiger partial charge in [-0.2, -0.15) is 4.31 Å². The molecule has 0 amide bonds. The quantitative estimate of drug-likeness (QED) is 0.525. The van der Waals surface area contributed by atoms with Crippen molar-refractivity contribution in [1.82, 2.24) is 4.31 Å². The molecule has 2 unspecified atom stereocenters. The number of Topliss-reactive ketones (excluding diaryl/α,β-unsaturated/α-hetero) is 1. The Labute approximate surface area is 175 Å². The molecule has 1 saturated heterocycles. The van der Waals surface area contributed by atoms with Crippen LogP contribution >= 0.6 is 11.6 Å². The van der Waals surface area contributed by atoms with E-state index in [1.54, 1.807) is 0 Å². The number of rotatable bonds is 6. The number of aliphatic hydroxyl groups excluding tert-OH is 1. The van der Waals surface area contributed by atoms with Crippen LogP contribution in [0.1, 0.15) is 16.8 Å². The fourth-order valence-electron chi connectivity index (χ4n) is 2.99. The number of hydrogen-bond acceptors (Lipinski definition) is 6. The maximum atomic E-state index is 13.3. The Kier molecular flexibility index (Phi) is 6.51. The zero-order valence-corrected chi connectivity index (χ0v) is 16.9. The van der Waals surface area contributed by atoms with E-state index in [-0.39, 0.29) is 23.4 Å². The van der Waals surface area contributed by atoms with Crippen LogP contribution in [0.2, 0.25) is 5.02 Å². The molecular weight excluding hydrogens is 444 g/mol. The highest BCUT2D eigenvalue weighted by Crippen LogP contribution is 2.28.